The number of hydrogen-bond acceptors (Lipinski definition) is 9. The number of ether oxygens (including phenoxy) is 2. The van der Waals surface area contributed by atoms with Crippen LogP contribution in [0, 0.1) is 0 Å². The summed E-state index contributed by atoms with van der Waals surface area (Å²) in [4.78, 5) is 40.4. The minimum Gasteiger partial charge on any atom is -0.458 e. The van der Waals surface area contributed by atoms with Gasteiger partial charge in [-0.25, -0.2) is 14.8 Å². The van der Waals surface area contributed by atoms with Crippen LogP contribution in [0.15, 0.2) is 34.1 Å². The van der Waals surface area contributed by atoms with Gasteiger partial charge < -0.3 is 24.0 Å². The Bertz CT molecular complexity index is 1560. The van der Waals surface area contributed by atoms with E-state index >= 15 is 0 Å². The van der Waals surface area contributed by atoms with Crippen molar-refractivity contribution in [1.82, 2.24) is 14.5 Å². The molecule has 0 aliphatic carbocycles. The SMILES string of the molecule is CC[C@@]1(O)C(=O)OCc2c1cc1n(c2=O)Cc2c-1nc1cccc3c1c2N(CCN1CCOCC1)C=N3. The van der Waals surface area contributed by atoms with Crippen LogP contribution in [0.4, 0.5) is 11.4 Å². The van der Waals surface area contributed by atoms with Crippen molar-refractivity contribution in [2.24, 2.45) is 4.99 Å². The van der Waals surface area contributed by atoms with Crippen LogP contribution in [0.1, 0.15) is 30.0 Å². The van der Waals surface area contributed by atoms with E-state index < -0.39 is 11.6 Å². The summed E-state index contributed by atoms with van der Waals surface area (Å²) in [7, 11) is 0. The third-order valence-electron chi connectivity index (χ3n) is 8.05. The summed E-state index contributed by atoms with van der Waals surface area (Å²) in [5, 5.41) is 12.1. The summed E-state index contributed by atoms with van der Waals surface area (Å²) in [6.45, 7) is 6.80. The van der Waals surface area contributed by atoms with Gasteiger partial charge in [0.25, 0.3) is 5.56 Å². The van der Waals surface area contributed by atoms with E-state index in [2.05, 4.69) is 9.80 Å². The molecule has 7 rings (SSSR count). The number of aliphatic hydroxyl groups is 1. The Morgan fingerprint density at radius 1 is 1.14 bits per heavy atom. The van der Waals surface area contributed by atoms with E-state index in [1.165, 1.54) is 0 Å². The van der Waals surface area contributed by atoms with Crippen molar-refractivity contribution < 1.29 is 19.4 Å². The lowest BCUT2D eigenvalue weighted by molar-refractivity contribution is -0.172. The van der Waals surface area contributed by atoms with Gasteiger partial charge in [-0.3, -0.25) is 9.69 Å². The summed E-state index contributed by atoms with van der Waals surface area (Å²) in [5.41, 5.74) is 3.46. The van der Waals surface area contributed by atoms with Gasteiger partial charge in [-0.1, -0.05) is 13.0 Å². The van der Waals surface area contributed by atoms with Crippen molar-refractivity contribution in [3.8, 4) is 11.4 Å². The first-order valence-corrected chi connectivity index (χ1v) is 12.7. The van der Waals surface area contributed by atoms with Crippen LogP contribution in [0.25, 0.3) is 22.3 Å². The molecule has 10 nitrogen and oxygen atoms in total. The topological polar surface area (TPSA) is 109 Å². The van der Waals surface area contributed by atoms with Crippen molar-refractivity contribution in [2.45, 2.75) is 32.1 Å². The third-order valence-corrected chi connectivity index (χ3v) is 8.05. The minimum atomic E-state index is -1.85. The Labute approximate surface area is 212 Å². The summed E-state index contributed by atoms with van der Waals surface area (Å²) in [5.74, 6) is -0.721. The van der Waals surface area contributed by atoms with E-state index in [1.807, 2.05) is 24.5 Å². The largest absolute Gasteiger partial charge is 0.458 e. The Morgan fingerprint density at radius 2 is 1.97 bits per heavy atom. The van der Waals surface area contributed by atoms with Gasteiger partial charge in [0.05, 0.1) is 65.3 Å². The predicted molar refractivity (Wildman–Crippen MR) is 137 cm³/mol. The lowest BCUT2D eigenvalue weighted by atomic mass is 9.86. The van der Waals surface area contributed by atoms with Gasteiger partial charge >= 0.3 is 5.97 Å². The zero-order valence-electron chi connectivity index (χ0n) is 20.6. The second-order valence-corrected chi connectivity index (χ2v) is 9.95. The number of hydrogen-bond donors (Lipinski definition) is 1. The smallest absolute Gasteiger partial charge is 0.343 e. The van der Waals surface area contributed by atoms with Gasteiger partial charge in [-0.15, -0.1) is 0 Å². The number of benzene rings is 1. The van der Waals surface area contributed by atoms with Gasteiger partial charge in [0.15, 0.2) is 5.60 Å². The molecule has 0 spiro atoms. The van der Waals surface area contributed by atoms with E-state index in [-0.39, 0.29) is 18.6 Å². The molecule has 0 amide bonds. The number of pyridine rings is 2. The average Bonchev–Trinajstić information content (AvgIpc) is 3.30. The van der Waals surface area contributed by atoms with Crippen molar-refractivity contribution in [2.75, 3.05) is 44.3 Å². The number of nitrogens with zero attached hydrogens (tertiary/aromatic N) is 5. The number of fused-ring (bicyclic) bond motifs is 5. The Balaban J connectivity index is 1.39. The fraction of sp³-hybridized carbons (Fsp3) is 0.407. The number of aromatic nitrogens is 2. The third kappa shape index (κ3) is 3.22. The second kappa shape index (κ2) is 8.20. The molecule has 0 saturated carbocycles. The molecule has 0 radical (unpaired) electrons. The van der Waals surface area contributed by atoms with Crippen molar-refractivity contribution in [3.63, 3.8) is 0 Å². The summed E-state index contributed by atoms with van der Waals surface area (Å²) in [6, 6.07) is 7.63. The van der Waals surface area contributed by atoms with Crippen molar-refractivity contribution in [1.29, 1.82) is 0 Å². The number of rotatable bonds is 4. The fourth-order valence-corrected chi connectivity index (χ4v) is 5.95. The van der Waals surface area contributed by atoms with Crippen LogP contribution in [-0.2, 0) is 33.0 Å². The fourth-order valence-electron chi connectivity index (χ4n) is 5.95. The standard InChI is InChI=1S/C27H27N5O5/c1-2-27(35)18-12-21-23-16(13-32(21)25(33)17(18)14-37-26(27)34)24-22-19(4-3-5-20(22)29-23)28-15-31(24)7-6-30-8-10-36-11-9-30/h3-5,12,15,35H,2,6-11,13-14H2,1H3/t27-/m0/s1. The molecule has 4 aliphatic rings. The molecule has 0 unspecified atom stereocenters. The highest BCUT2D eigenvalue weighted by Gasteiger charge is 2.45. The monoisotopic (exact) mass is 501 g/mol. The molecule has 1 N–H and O–H groups in total. The molecule has 4 aliphatic heterocycles. The highest BCUT2D eigenvalue weighted by atomic mass is 16.6. The van der Waals surface area contributed by atoms with Crippen LogP contribution in [0.2, 0.25) is 0 Å². The quantitative estimate of drug-likeness (QED) is 0.423. The Morgan fingerprint density at radius 3 is 2.78 bits per heavy atom. The van der Waals surface area contributed by atoms with Gasteiger partial charge in [0.2, 0.25) is 0 Å². The molecule has 10 heteroatoms. The molecule has 37 heavy (non-hydrogen) atoms. The molecular formula is C27H27N5O5. The molecule has 190 valence electrons. The summed E-state index contributed by atoms with van der Waals surface area (Å²) in [6.07, 6.45) is 1.98. The molecule has 1 aromatic carbocycles. The normalized spacial score (nSPS) is 22.1. The lowest BCUT2D eigenvalue weighted by Gasteiger charge is -2.32. The van der Waals surface area contributed by atoms with Crippen LogP contribution in [0.5, 0.6) is 0 Å². The molecule has 6 heterocycles. The molecule has 0 bridgehead atoms. The van der Waals surface area contributed by atoms with Crippen LogP contribution in [-0.4, -0.2) is 71.3 Å². The van der Waals surface area contributed by atoms with Crippen LogP contribution in [0.3, 0.4) is 0 Å². The minimum absolute atomic E-state index is 0.111. The van der Waals surface area contributed by atoms with Crippen LogP contribution >= 0.6 is 0 Å². The summed E-state index contributed by atoms with van der Waals surface area (Å²) < 4.78 is 12.4. The molecule has 1 saturated heterocycles. The van der Waals surface area contributed by atoms with Crippen molar-refractivity contribution in [3.05, 3.63) is 51.3 Å². The highest BCUT2D eigenvalue weighted by molar-refractivity contribution is 6.11. The van der Waals surface area contributed by atoms with E-state index in [4.69, 9.17) is 19.5 Å². The average molecular weight is 502 g/mol. The zero-order chi connectivity index (χ0) is 25.3. The molecular weight excluding hydrogens is 474 g/mol. The lowest BCUT2D eigenvalue weighted by Crippen LogP contribution is -2.44. The second-order valence-electron chi connectivity index (χ2n) is 9.95. The number of esters is 1. The zero-order valence-corrected chi connectivity index (χ0v) is 20.6. The summed E-state index contributed by atoms with van der Waals surface area (Å²) >= 11 is 0. The van der Waals surface area contributed by atoms with Crippen LogP contribution < -0.4 is 10.5 Å². The Hall–Kier alpha value is -3.60. The number of anilines is 1. The van der Waals surface area contributed by atoms with Crippen molar-refractivity contribution >= 4 is 34.6 Å². The predicted octanol–water partition coefficient (Wildman–Crippen LogP) is 1.89. The van der Waals surface area contributed by atoms with Gasteiger partial charge in [-0.2, -0.15) is 0 Å². The van der Waals surface area contributed by atoms with Gasteiger partial charge in [0.1, 0.15) is 6.61 Å². The maximum atomic E-state index is 13.6. The first kappa shape index (κ1) is 22.6. The van der Waals surface area contributed by atoms with E-state index in [9.17, 15) is 14.7 Å². The number of morpholine rings is 1. The van der Waals surface area contributed by atoms with Gasteiger partial charge in [-0.05, 0) is 24.6 Å². The first-order chi connectivity index (χ1) is 18.0. The molecule has 1 fully saturated rings. The number of aliphatic imine (C=N–C) groups is 1. The number of cyclic esters (lactones) is 1. The maximum absolute atomic E-state index is 13.6. The van der Waals surface area contributed by atoms with Gasteiger partial charge in [0, 0.05) is 37.3 Å². The molecule has 2 aromatic heterocycles. The van der Waals surface area contributed by atoms with E-state index in [0.29, 0.717) is 29.1 Å². The molecule has 1 atom stereocenters. The first-order valence-electron chi connectivity index (χ1n) is 12.7. The number of carbonyl (C=O) groups excluding carboxylic acids is 1. The Kier molecular flexibility index (Phi) is 5.01. The molecule has 3 aromatic rings. The van der Waals surface area contributed by atoms with E-state index in [1.54, 1.807) is 17.6 Å². The maximum Gasteiger partial charge on any atom is 0.343 e. The number of carbonyl (C=O) groups is 1. The highest BCUT2D eigenvalue weighted by Crippen LogP contribution is 2.46. The van der Waals surface area contributed by atoms with E-state index in [0.717, 1.165) is 67.2 Å².